The Morgan fingerprint density at radius 3 is 2.64 bits per heavy atom. The highest BCUT2D eigenvalue weighted by molar-refractivity contribution is 5.85. The highest BCUT2D eigenvalue weighted by Gasteiger charge is 2.39. The molecule has 1 fully saturated rings. The molecular formula is C8H11NO5. The lowest BCUT2D eigenvalue weighted by Gasteiger charge is -2.15. The van der Waals surface area contributed by atoms with Gasteiger partial charge in [-0.15, -0.1) is 0 Å². The van der Waals surface area contributed by atoms with Gasteiger partial charge in [-0.1, -0.05) is 0 Å². The summed E-state index contributed by atoms with van der Waals surface area (Å²) in [4.78, 5) is 32.4. The maximum Gasteiger partial charge on any atom is 0.332 e. The van der Waals surface area contributed by atoms with E-state index >= 15 is 0 Å². The van der Waals surface area contributed by atoms with Crippen molar-refractivity contribution in [2.45, 2.75) is 26.0 Å². The summed E-state index contributed by atoms with van der Waals surface area (Å²) in [5, 5.41) is 2.36. The molecule has 0 radical (unpaired) electrons. The lowest BCUT2D eigenvalue weighted by Crippen LogP contribution is -2.45. The Balaban J connectivity index is 2.61. The van der Waals surface area contributed by atoms with E-state index in [0.717, 1.165) is 0 Å². The van der Waals surface area contributed by atoms with Gasteiger partial charge in [0.2, 0.25) is 5.91 Å². The van der Waals surface area contributed by atoms with Crippen LogP contribution in [0.15, 0.2) is 0 Å². The lowest BCUT2D eigenvalue weighted by molar-refractivity contribution is -0.147. The summed E-state index contributed by atoms with van der Waals surface area (Å²) in [7, 11) is 0. The van der Waals surface area contributed by atoms with E-state index in [1.54, 1.807) is 0 Å². The zero-order valence-corrected chi connectivity index (χ0v) is 7.90. The molecule has 6 nitrogen and oxygen atoms in total. The molecule has 0 saturated carbocycles. The van der Waals surface area contributed by atoms with E-state index in [1.807, 2.05) is 0 Å². The summed E-state index contributed by atoms with van der Waals surface area (Å²) >= 11 is 0. The van der Waals surface area contributed by atoms with Gasteiger partial charge in [0.05, 0.1) is 0 Å². The summed E-state index contributed by atoms with van der Waals surface area (Å²) < 4.78 is 9.44. The van der Waals surface area contributed by atoms with Crippen LogP contribution in [0, 0.1) is 0 Å². The molecule has 1 N–H and O–H groups in total. The van der Waals surface area contributed by atoms with Crippen molar-refractivity contribution < 1.29 is 23.9 Å². The second kappa shape index (κ2) is 4.08. The molecule has 0 aromatic heterocycles. The zero-order chi connectivity index (χ0) is 10.7. The molecule has 0 spiro atoms. The van der Waals surface area contributed by atoms with Gasteiger partial charge in [0.25, 0.3) is 0 Å². The fourth-order valence-corrected chi connectivity index (χ4v) is 1.19. The Bertz CT molecular complexity index is 275. The number of amides is 1. The van der Waals surface area contributed by atoms with Gasteiger partial charge in [-0.05, 0) is 0 Å². The molecule has 78 valence electrons. The average molecular weight is 201 g/mol. The van der Waals surface area contributed by atoms with Gasteiger partial charge in [-0.2, -0.15) is 0 Å². The van der Waals surface area contributed by atoms with Crippen LogP contribution >= 0.6 is 0 Å². The topological polar surface area (TPSA) is 81.7 Å². The van der Waals surface area contributed by atoms with Crippen LogP contribution < -0.4 is 5.32 Å². The number of rotatable bonds is 2. The molecule has 2 atom stereocenters. The van der Waals surface area contributed by atoms with Crippen LogP contribution in [-0.4, -0.2) is 36.6 Å². The van der Waals surface area contributed by atoms with Crippen LogP contribution in [-0.2, 0) is 23.9 Å². The Morgan fingerprint density at radius 2 is 2.14 bits per heavy atom. The molecule has 0 unspecified atom stereocenters. The van der Waals surface area contributed by atoms with Gasteiger partial charge >= 0.3 is 11.9 Å². The minimum Gasteiger partial charge on any atom is -0.460 e. The summed E-state index contributed by atoms with van der Waals surface area (Å²) in [5.41, 5.74) is 0. The number of nitrogens with one attached hydrogen (secondary N) is 1. The summed E-state index contributed by atoms with van der Waals surface area (Å²) in [6, 6.07) is -0.878. The van der Waals surface area contributed by atoms with Gasteiger partial charge in [0.1, 0.15) is 6.61 Å². The molecule has 6 heteroatoms. The Labute approximate surface area is 80.5 Å². The minimum absolute atomic E-state index is 0.0106. The van der Waals surface area contributed by atoms with Crippen molar-refractivity contribution in [1.82, 2.24) is 5.32 Å². The first-order valence-corrected chi connectivity index (χ1v) is 4.11. The predicted molar refractivity (Wildman–Crippen MR) is 44.1 cm³/mol. The molecule has 14 heavy (non-hydrogen) atoms. The fourth-order valence-electron chi connectivity index (χ4n) is 1.19. The molecule has 1 aliphatic rings. The van der Waals surface area contributed by atoms with Crippen LogP contribution in [0.4, 0.5) is 0 Å². The minimum atomic E-state index is -0.878. The van der Waals surface area contributed by atoms with Crippen molar-refractivity contribution in [3.8, 4) is 0 Å². The van der Waals surface area contributed by atoms with E-state index in [2.05, 4.69) is 10.1 Å². The van der Waals surface area contributed by atoms with Crippen LogP contribution in [0.2, 0.25) is 0 Å². The predicted octanol–water partition coefficient (Wildman–Crippen LogP) is -1.02. The third-order valence-electron chi connectivity index (χ3n) is 1.69. The molecular weight excluding hydrogens is 190 g/mol. The Hall–Kier alpha value is -1.59. The Kier molecular flexibility index (Phi) is 3.06. The molecule has 1 rings (SSSR count). The van der Waals surface area contributed by atoms with Crippen molar-refractivity contribution in [2.24, 2.45) is 0 Å². The van der Waals surface area contributed by atoms with E-state index in [1.165, 1.54) is 13.8 Å². The van der Waals surface area contributed by atoms with Crippen LogP contribution in [0.5, 0.6) is 0 Å². The third kappa shape index (κ3) is 2.45. The number of hydrogen-bond acceptors (Lipinski definition) is 5. The van der Waals surface area contributed by atoms with Crippen molar-refractivity contribution in [2.75, 3.05) is 6.61 Å². The summed E-state index contributed by atoms with van der Waals surface area (Å²) in [6.45, 7) is 2.49. The van der Waals surface area contributed by atoms with E-state index < -0.39 is 24.1 Å². The summed E-state index contributed by atoms with van der Waals surface area (Å²) in [6.07, 6.45) is -0.719. The molecule has 0 aromatic carbocycles. The van der Waals surface area contributed by atoms with Crippen molar-refractivity contribution >= 4 is 17.8 Å². The van der Waals surface area contributed by atoms with Gasteiger partial charge in [-0.3, -0.25) is 9.59 Å². The first-order valence-electron chi connectivity index (χ1n) is 4.11. The average Bonchev–Trinajstić information content (AvgIpc) is 2.34. The summed E-state index contributed by atoms with van der Waals surface area (Å²) in [5.74, 6) is -1.46. The number of esters is 2. The van der Waals surface area contributed by atoms with Gasteiger partial charge in [0.15, 0.2) is 12.1 Å². The number of carbonyl (C=O) groups excluding carboxylic acids is 3. The lowest BCUT2D eigenvalue weighted by atomic mass is 10.2. The third-order valence-corrected chi connectivity index (χ3v) is 1.69. The van der Waals surface area contributed by atoms with E-state index in [4.69, 9.17) is 4.74 Å². The number of ether oxygens (including phenoxy) is 2. The van der Waals surface area contributed by atoms with E-state index in [9.17, 15) is 14.4 Å². The highest BCUT2D eigenvalue weighted by atomic mass is 16.6. The van der Waals surface area contributed by atoms with Gasteiger partial charge in [-0.25, -0.2) is 4.79 Å². The van der Waals surface area contributed by atoms with E-state index in [-0.39, 0.29) is 12.5 Å². The number of cyclic esters (lactones) is 1. The molecule has 1 heterocycles. The van der Waals surface area contributed by atoms with Gasteiger partial charge < -0.3 is 14.8 Å². The second-order valence-corrected chi connectivity index (χ2v) is 2.96. The maximum atomic E-state index is 11.1. The zero-order valence-electron chi connectivity index (χ0n) is 7.90. The highest BCUT2D eigenvalue weighted by Crippen LogP contribution is 2.11. The molecule has 0 aliphatic carbocycles. The van der Waals surface area contributed by atoms with Crippen LogP contribution in [0.25, 0.3) is 0 Å². The van der Waals surface area contributed by atoms with Crippen molar-refractivity contribution in [3.05, 3.63) is 0 Å². The van der Waals surface area contributed by atoms with Crippen molar-refractivity contribution in [1.29, 1.82) is 0 Å². The second-order valence-electron chi connectivity index (χ2n) is 2.96. The molecule has 0 bridgehead atoms. The largest absolute Gasteiger partial charge is 0.460 e. The smallest absolute Gasteiger partial charge is 0.332 e. The first kappa shape index (κ1) is 10.5. The SMILES string of the molecule is CC(=O)N[C@H]1C(=O)OC[C@H]1OC(C)=O. The van der Waals surface area contributed by atoms with Crippen LogP contribution in [0.1, 0.15) is 13.8 Å². The molecule has 1 aliphatic heterocycles. The first-order chi connectivity index (χ1) is 6.50. The molecule has 1 saturated heterocycles. The number of carbonyl (C=O) groups is 3. The quantitative estimate of drug-likeness (QED) is 0.578. The standard InChI is InChI=1S/C8H11NO5/c1-4(10)9-7-6(14-5(2)11)3-13-8(7)12/h6-7H,3H2,1-2H3,(H,9,10)/t6-,7-/m1/s1. The van der Waals surface area contributed by atoms with E-state index in [0.29, 0.717) is 0 Å². The molecule has 1 amide bonds. The normalized spacial score (nSPS) is 25.4. The Morgan fingerprint density at radius 1 is 1.50 bits per heavy atom. The molecule has 0 aromatic rings. The van der Waals surface area contributed by atoms with Gasteiger partial charge in [0, 0.05) is 13.8 Å². The monoisotopic (exact) mass is 201 g/mol. The van der Waals surface area contributed by atoms with Crippen LogP contribution in [0.3, 0.4) is 0 Å². The van der Waals surface area contributed by atoms with Crippen molar-refractivity contribution in [3.63, 3.8) is 0 Å². The maximum absolute atomic E-state index is 11.1. The number of hydrogen-bond donors (Lipinski definition) is 1. The fraction of sp³-hybridized carbons (Fsp3) is 0.625.